The van der Waals surface area contributed by atoms with Crippen LogP contribution in [0.15, 0.2) is 18.3 Å². The molecular formula is C12H17N3O. The topological polar surface area (TPSA) is 65.8 Å². The molecule has 0 fully saturated rings. The maximum absolute atomic E-state index is 10.3. The summed E-state index contributed by atoms with van der Waals surface area (Å²) in [7, 11) is 1.74. The molecule has 4 heteroatoms. The summed E-state index contributed by atoms with van der Waals surface area (Å²) in [5, 5.41) is 10.4. The van der Waals surface area contributed by atoms with E-state index >= 15 is 0 Å². The van der Waals surface area contributed by atoms with Gasteiger partial charge < -0.3 is 5.32 Å². The molecule has 0 spiro atoms. The average molecular weight is 219 g/mol. The van der Waals surface area contributed by atoms with Gasteiger partial charge in [-0.3, -0.25) is 9.78 Å². The maximum Gasteiger partial charge on any atom is 0.168 e. The van der Waals surface area contributed by atoms with Gasteiger partial charge in [-0.1, -0.05) is 13.8 Å². The van der Waals surface area contributed by atoms with Crippen LogP contribution in [0.2, 0.25) is 0 Å². The van der Waals surface area contributed by atoms with E-state index in [1.807, 2.05) is 18.2 Å². The van der Waals surface area contributed by atoms with Crippen molar-refractivity contribution in [2.75, 3.05) is 13.6 Å². The number of hydrogen-bond donors (Lipinski definition) is 1. The molecule has 0 aromatic carbocycles. The van der Waals surface area contributed by atoms with E-state index in [9.17, 15) is 4.79 Å². The molecule has 0 amide bonds. The summed E-state index contributed by atoms with van der Waals surface area (Å²) in [5.41, 5.74) is 1.67. The third-order valence-electron chi connectivity index (χ3n) is 1.85. The average Bonchev–Trinajstić information content (AvgIpc) is 2.31. The standard InChI is InChI=1S/C9H11NO.C3H6N2/c1-7(2)8-3-4-10-9(5-8)6-11;1-5-3-2-4/h3-7H,1-2H3;5H,3H2,1H3. The van der Waals surface area contributed by atoms with Crippen LogP contribution in [0.5, 0.6) is 0 Å². The van der Waals surface area contributed by atoms with E-state index in [2.05, 4.69) is 24.1 Å². The normalized spacial score (nSPS) is 8.94. The predicted molar refractivity (Wildman–Crippen MR) is 63.3 cm³/mol. The third kappa shape index (κ3) is 5.89. The van der Waals surface area contributed by atoms with Gasteiger partial charge >= 0.3 is 0 Å². The molecule has 1 aromatic heterocycles. The molecule has 0 aliphatic rings. The van der Waals surface area contributed by atoms with E-state index in [1.165, 1.54) is 0 Å². The van der Waals surface area contributed by atoms with E-state index in [0.717, 1.165) is 11.8 Å². The molecule has 0 aliphatic heterocycles. The van der Waals surface area contributed by atoms with Crippen LogP contribution in [0.1, 0.15) is 35.8 Å². The molecule has 86 valence electrons. The Hall–Kier alpha value is -1.73. The highest BCUT2D eigenvalue weighted by Crippen LogP contribution is 2.12. The minimum Gasteiger partial charge on any atom is -0.308 e. The van der Waals surface area contributed by atoms with Crippen LogP contribution in [0.4, 0.5) is 0 Å². The quantitative estimate of drug-likeness (QED) is 0.621. The van der Waals surface area contributed by atoms with Crippen LogP contribution in [-0.4, -0.2) is 24.9 Å². The fourth-order valence-corrected chi connectivity index (χ4v) is 0.968. The second-order valence-electron chi connectivity index (χ2n) is 3.48. The van der Waals surface area contributed by atoms with Gasteiger partial charge in [0, 0.05) is 6.20 Å². The zero-order chi connectivity index (χ0) is 12.4. The summed E-state index contributed by atoms with van der Waals surface area (Å²) in [4.78, 5) is 14.2. The van der Waals surface area contributed by atoms with Crippen LogP contribution in [0.25, 0.3) is 0 Å². The van der Waals surface area contributed by atoms with Crippen molar-refractivity contribution in [2.45, 2.75) is 19.8 Å². The number of hydrogen-bond acceptors (Lipinski definition) is 4. The van der Waals surface area contributed by atoms with Crippen molar-refractivity contribution in [3.8, 4) is 6.07 Å². The Kier molecular flexibility index (Phi) is 7.64. The SMILES string of the molecule is CC(C)c1ccnc(C=O)c1.CNCC#N. The van der Waals surface area contributed by atoms with Crippen molar-refractivity contribution in [3.63, 3.8) is 0 Å². The summed E-state index contributed by atoms with van der Waals surface area (Å²) in [5.74, 6) is 0.455. The lowest BCUT2D eigenvalue weighted by Gasteiger charge is -2.03. The van der Waals surface area contributed by atoms with Crippen LogP contribution in [0, 0.1) is 11.3 Å². The van der Waals surface area contributed by atoms with Crippen LogP contribution >= 0.6 is 0 Å². The summed E-state index contributed by atoms with van der Waals surface area (Å²) in [6.45, 7) is 4.62. The van der Waals surface area contributed by atoms with E-state index in [-0.39, 0.29) is 0 Å². The molecular weight excluding hydrogens is 202 g/mol. The second-order valence-corrected chi connectivity index (χ2v) is 3.48. The number of carbonyl (C=O) groups excluding carboxylic acids is 1. The van der Waals surface area contributed by atoms with Gasteiger partial charge in [-0.2, -0.15) is 5.26 Å². The molecule has 4 nitrogen and oxygen atoms in total. The maximum atomic E-state index is 10.3. The van der Waals surface area contributed by atoms with Gasteiger partial charge in [-0.15, -0.1) is 0 Å². The first kappa shape index (κ1) is 14.3. The third-order valence-corrected chi connectivity index (χ3v) is 1.85. The lowest BCUT2D eigenvalue weighted by molar-refractivity contribution is 0.111. The molecule has 16 heavy (non-hydrogen) atoms. The predicted octanol–water partition coefficient (Wildman–Crippen LogP) is 1.75. The highest BCUT2D eigenvalue weighted by Gasteiger charge is 1.99. The summed E-state index contributed by atoms with van der Waals surface area (Å²) < 4.78 is 0. The zero-order valence-corrected chi connectivity index (χ0v) is 9.90. The molecule has 1 N–H and O–H groups in total. The van der Waals surface area contributed by atoms with Gasteiger partial charge in [0.2, 0.25) is 0 Å². The number of aldehydes is 1. The van der Waals surface area contributed by atoms with Crippen LogP contribution < -0.4 is 5.32 Å². The van der Waals surface area contributed by atoms with Gasteiger partial charge in [0.15, 0.2) is 6.29 Å². The molecule has 0 aliphatic carbocycles. The Labute approximate surface area is 96.3 Å². The number of nitrogens with one attached hydrogen (secondary N) is 1. The lowest BCUT2D eigenvalue weighted by atomic mass is 10.0. The van der Waals surface area contributed by atoms with Gasteiger partial charge in [-0.25, -0.2) is 0 Å². The highest BCUT2D eigenvalue weighted by molar-refractivity contribution is 5.71. The Bertz CT molecular complexity index is 356. The number of pyridine rings is 1. The number of carbonyl (C=O) groups is 1. The minimum absolute atomic E-state index is 0.444. The molecule has 0 unspecified atom stereocenters. The smallest absolute Gasteiger partial charge is 0.168 e. The summed E-state index contributed by atoms with van der Waals surface area (Å²) in [6.07, 6.45) is 2.44. The van der Waals surface area contributed by atoms with Gasteiger partial charge in [0.25, 0.3) is 0 Å². The van der Waals surface area contributed by atoms with E-state index in [4.69, 9.17) is 5.26 Å². The van der Waals surface area contributed by atoms with Crippen LogP contribution in [0.3, 0.4) is 0 Å². The number of rotatable bonds is 3. The molecule has 1 heterocycles. The molecule has 1 aromatic rings. The molecule has 0 bridgehead atoms. The number of nitriles is 1. The second kappa shape index (κ2) is 8.57. The van der Waals surface area contributed by atoms with Gasteiger partial charge in [0.1, 0.15) is 5.69 Å². The molecule has 0 saturated heterocycles. The summed E-state index contributed by atoms with van der Waals surface area (Å²) in [6, 6.07) is 5.65. The Morgan fingerprint density at radius 2 is 2.31 bits per heavy atom. The zero-order valence-electron chi connectivity index (χ0n) is 9.90. The fourth-order valence-electron chi connectivity index (χ4n) is 0.968. The first-order valence-electron chi connectivity index (χ1n) is 5.08. The Morgan fingerprint density at radius 1 is 1.62 bits per heavy atom. The Morgan fingerprint density at radius 3 is 2.69 bits per heavy atom. The minimum atomic E-state index is 0.444. The fraction of sp³-hybridized carbons (Fsp3) is 0.417. The van der Waals surface area contributed by atoms with Crippen molar-refractivity contribution in [1.82, 2.24) is 10.3 Å². The van der Waals surface area contributed by atoms with Crippen LogP contribution in [-0.2, 0) is 0 Å². The first-order chi connectivity index (χ1) is 7.65. The molecule has 1 rings (SSSR count). The van der Waals surface area contributed by atoms with Crippen molar-refractivity contribution < 1.29 is 4.79 Å². The Balaban J connectivity index is 0.000000385. The molecule has 0 saturated carbocycles. The van der Waals surface area contributed by atoms with Crippen molar-refractivity contribution in [2.24, 2.45) is 0 Å². The molecule has 0 atom stereocenters. The largest absolute Gasteiger partial charge is 0.308 e. The van der Waals surface area contributed by atoms with E-state index < -0.39 is 0 Å². The van der Waals surface area contributed by atoms with E-state index in [0.29, 0.717) is 18.2 Å². The highest BCUT2D eigenvalue weighted by atomic mass is 16.1. The van der Waals surface area contributed by atoms with Crippen molar-refractivity contribution in [3.05, 3.63) is 29.6 Å². The van der Waals surface area contributed by atoms with Crippen molar-refractivity contribution >= 4 is 6.29 Å². The number of nitrogens with zero attached hydrogens (tertiary/aromatic N) is 2. The van der Waals surface area contributed by atoms with Crippen molar-refractivity contribution in [1.29, 1.82) is 5.26 Å². The monoisotopic (exact) mass is 219 g/mol. The van der Waals surface area contributed by atoms with E-state index in [1.54, 1.807) is 13.2 Å². The summed E-state index contributed by atoms with van der Waals surface area (Å²) >= 11 is 0. The molecule has 0 radical (unpaired) electrons. The van der Waals surface area contributed by atoms with Gasteiger partial charge in [-0.05, 0) is 30.7 Å². The number of aromatic nitrogens is 1. The first-order valence-corrected chi connectivity index (χ1v) is 5.08. The lowest BCUT2D eigenvalue weighted by Crippen LogP contribution is -2.03. The van der Waals surface area contributed by atoms with Gasteiger partial charge in [0.05, 0.1) is 12.6 Å².